The first-order valence-corrected chi connectivity index (χ1v) is 8.68. The Kier molecular flexibility index (Phi) is 7.20. The molecular formula is C21H25NO3. The highest BCUT2D eigenvalue weighted by Crippen LogP contribution is 2.29. The number of rotatable bonds is 9. The number of benzene rings is 2. The topological polar surface area (TPSA) is 57.6 Å². The summed E-state index contributed by atoms with van der Waals surface area (Å²) in [6.45, 7) is 2.21. The number of hydrogen-bond donors (Lipinski definition) is 1. The SMILES string of the molecule is CC(=O)N(CCCCCC(=O)O)C(c1ccccc1)c1ccccc1. The molecule has 0 fully saturated rings. The number of aliphatic carboxylic acids is 1. The number of carbonyl (C=O) groups is 2. The maximum Gasteiger partial charge on any atom is 0.303 e. The van der Waals surface area contributed by atoms with Crippen LogP contribution in [0.5, 0.6) is 0 Å². The average Bonchev–Trinajstić information content (AvgIpc) is 2.61. The van der Waals surface area contributed by atoms with Crippen molar-refractivity contribution in [1.82, 2.24) is 4.90 Å². The van der Waals surface area contributed by atoms with Crippen molar-refractivity contribution in [3.63, 3.8) is 0 Å². The number of carboxylic acid groups (broad SMARTS) is 1. The Labute approximate surface area is 149 Å². The van der Waals surface area contributed by atoms with Crippen molar-refractivity contribution in [3.8, 4) is 0 Å². The molecule has 0 unspecified atom stereocenters. The third kappa shape index (κ3) is 5.75. The number of unbranched alkanes of at least 4 members (excludes halogenated alkanes) is 2. The normalized spacial score (nSPS) is 10.6. The van der Waals surface area contributed by atoms with Crippen molar-refractivity contribution in [2.75, 3.05) is 6.54 Å². The lowest BCUT2D eigenvalue weighted by Crippen LogP contribution is -2.34. The van der Waals surface area contributed by atoms with Gasteiger partial charge in [-0.1, -0.05) is 67.1 Å². The molecule has 0 saturated carbocycles. The molecule has 0 radical (unpaired) electrons. The standard InChI is InChI=1S/C21H25NO3/c1-17(23)22(16-10-4-9-15-20(24)25)21(18-11-5-2-6-12-18)19-13-7-3-8-14-19/h2-3,5-8,11-14,21H,4,9-10,15-16H2,1H3,(H,24,25). The van der Waals surface area contributed by atoms with Gasteiger partial charge in [0.25, 0.3) is 0 Å². The molecule has 2 rings (SSSR count). The Hall–Kier alpha value is -2.62. The zero-order valence-corrected chi connectivity index (χ0v) is 14.6. The number of carboxylic acids is 1. The highest BCUT2D eigenvalue weighted by atomic mass is 16.4. The first-order chi connectivity index (χ1) is 12.1. The number of carbonyl (C=O) groups excluding carboxylic acids is 1. The van der Waals surface area contributed by atoms with E-state index in [0.29, 0.717) is 13.0 Å². The molecule has 0 aliphatic heterocycles. The highest BCUT2D eigenvalue weighted by Gasteiger charge is 2.23. The minimum absolute atomic E-state index is 0.0240. The quantitative estimate of drug-likeness (QED) is 0.694. The molecule has 0 bridgehead atoms. The number of amides is 1. The molecule has 0 heterocycles. The van der Waals surface area contributed by atoms with Gasteiger partial charge in [-0.2, -0.15) is 0 Å². The average molecular weight is 339 g/mol. The Morgan fingerprint density at radius 2 is 1.40 bits per heavy atom. The third-order valence-corrected chi connectivity index (χ3v) is 4.24. The molecule has 25 heavy (non-hydrogen) atoms. The smallest absolute Gasteiger partial charge is 0.303 e. The van der Waals surface area contributed by atoms with Gasteiger partial charge in [0.1, 0.15) is 0 Å². The molecule has 4 heteroatoms. The van der Waals surface area contributed by atoms with Gasteiger partial charge in [0.2, 0.25) is 5.91 Å². The third-order valence-electron chi connectivity index (χ3n) is 4.24. The number of hydrogen-bond acceptors (Lipinski definition) is 2. The molecular weight excluding hydrogens is 314 g/mol. The lowest BCUT2D eigenvalue weighted by molar-refractivity contribution is -0.137. The van der Waals surface area contributed by atoms with Crippen LogP contribution in [0.15, 0.2) is 60.7 Å². The Morgan fingerprint density at radius 3 is 1.84 bits per heavy atom. The van der Waals surface area contributed by atoms with Crippen LogP contribution in [-0.4, -0.2) is 28.4 Å². The largest absolute Gasteiger partial charge is 0.481 e. The lowest BCUT2D eigenvalue weighted by Gasteiger charge is -2.32. The molecule has 1 amide bonds. The van der Waals surface area contributed by atoms with E-state index in [2.05, 4.69) is 0 Å². The predicted octanol–water partition coefficient (Wildman–Crippen LogP) is 4.27. The molecule has 2 aromatic carbocycles. The first kappa shape index (κ1) is 18.7. The molecule has 0 aliphatic rings. The summed E-state index contributed by atoms with van der Waals surface area (Å²) in [6, 6.07) is 19.9. The van der Waals surface area contributed by atoms with Crippen molar-refractivity contribution in [2.24, 2.45) is 0 Å². The van der Waals surface area contributed by atoms with Gasteiger partial charge in [-0.3, -0.25) is 9.59 Å². The monoisotopic (exact) mass is 339 g/mol. The van der Waals surface area contributed by atoms with E-state index < -0.39 is 5.97 Å². The van der Waals surface area contributed by atoms with Crippen LogP contribution < -0.4 is 0 Å². The fourth-order valence-corrected chi connectivity index (χ4v) is 3.03. The van der Waals surface area contributed by atoms with E-state index >= 15 is 0 Å². The zero-order chi connectivity index (χ0) is 18.1. The Bertz CT molecular complexity index is 631. The fraction of sp³-hybridized carbons (Fsp3) is 0.333. The van der Waals surface area contributed by atoms with Crippen LogP contribution in [0.1, 0.15) is 49.8 Å². The molecule has 4 nitrogen and oxygen atoms in total. The van der Waals surface area contributed by atoms with E-state index in [1.807, 2.05) is 65.6 Å². The van der Waals surface area contributed by atoms with Crippen LogP contribution in [0.25, 0.3) is 0 Å². The van der Waals surface area contributed by atoms with Gasteiger partial charge in [-0.25, -0.2) is 0 Å². The van der Waals surface area contributed by atoms with E-state index in [-0.39, 0.29) is 18.4 Å². The maximum atomic E-state index is 12.3. The predicted molar refractivity (Wildman–Crippen MR) is 98.2 cm³/mol. The molecule has 0 aliphatic carbocycles. The summed E-state index contributed by atoms with van der Waals surface area (Å²) in [4.78, 5) is 24.8. The van der Waals surface area contributed by atoms with E-state index in [9.17, 15) is 9.59 Å². The second-order valence-electron chi connectivity index (χ2n) is 6.14. The number of nitrogens with zero attached hydrogens (tertiary/aromatic N) is 1. The van der Waals surface area contributed by atoms with E-state index in [4.69, 9.17) is 5.11 Å². The molecule has 1 N–H and O–H groups in total. The van der Waals surface area contributed by atoms with Crippen molar-refractivity contribution < 1.29 is 14.7 Å². The second-order valence-corrected chi connectivity index (χ2v) is 6.14. The summed E-state index contributed by atoms with van der Waals surface area (Å²) in [6.07, 6.45) is 2.42. The van der Waals surface area contributed by atoms with Crippen molar-refractivity contribution in [2.45, 2.75) is 38.6 Å². The van der Waals surface area contributed by atoms with Crippen LogP contribution in [0.2, 0.25) is 0 Å². The van der Waals surface area contributed by atoms with E-state index in [1.165, 1.54) is 0 Å². The summed E-state index contributed by atoms with van der Waals surface area (Å²) in [5, 5.41) is 8.73. The van der Waals surface area contributed by atoms with Crippen LogP contribution >= 0.6 is 0 Å². The summed E-state index contributed by atoms with van der Waals surface area (Å²) >= 11 is 0. The van der Waals surface area contributed by atoms with Crippen LogP contribution in [-0.2, 0) is 9.59 Å². The summed E-state index contributed by atoms with van der Waals surface area (Å²) < 4.78 is 0. The minimum Gasteiger partial charge on any atom is -0.481 e. The first-order valence-electron chi connectivity index (χ1n) is 8.68. The van der Waals surface area contributed by atoms with Crippen LogP contribution in [0, 0.1) is 0 Å². The van der Waals surface area contributed by atoms with E-state index in [1.54, 1.807) is 6.92 Å². The van der Waals surface area contributed by atoms with Gasteiger partial charge < -0.3 is 10.0 Å². The van der Waals surface area contributed by atoms with Crippen molar-refractivity contribution in [1.29, 1.82) is 0 Å². The Morgan fingerprint density at radius 1 is 0.880 bits per heavy atom. The van der Waals surface area contributed by atoms with Gasteiger partial charge in [-0.05, 0) is 24.0 Å². The van der Waals surface area contributed by atoms with Gasteiger partial charge in [0.05, 0.1) is 6.04 Å². The van der Waals surface area contributed by atoms with Gasteiger partial charge in [-0.15, -0.1) is 0 Å². The molecule has 2 aromatic rings. The summed E-state index contributed by atoms with van der Waals surface area (Å²) in [5.74, 6) is -0.745. The summed E-state index contributed by atoms with van der Waals surface area (Å²) in [5.41, 5.74) is 2.16. The maximum absolute atomic E-state index is 12.3. The molecule has 0 spiro atoms. The molecule has 0 atom stereocenters. The van der Waals surface area contributed by atoms with Crippen molar-refractivity contribution >= 4 is 11.9 Å². The van der Waals surface area contributed by atoms with Crippen LogP contribution in [0.4, 0.5) is 0 Å². The fourth-order valence-electron chi connectivity index (χ4n) is 3.03. The summed E-state index contributed by atoms with van der Waals surface area (Å²) in [7, 11) is 0. The highest BCUT2D eigenvalue weighted by molar-refractivity contribution is 5.74. The van der Waals surface area contributed by atoms with Crippen LogP contribution in [0.3, 0.4) is 0 Å². The van der Waals surface area contributed by atoms with Gasteiger partial charge in [0.15, 0.2) is 0 Å². The van der Waals surface area contributed by atoms with Crippen molar-refractivity contribution in [3.05, 3.63) is 71.8 Å². The lowest BCUT2D eigenvalue weighted by atomic mass is 9.96. The second kappa shape index (κ2) is 9.62. The zero-order valence-electron chi connectivity index (χ0n) is 14.6. The Balaban J connectivity index is 2.17. The molecule has 0 aromatic heterocycles. The van der Waals surface area contributed by atoms with E-state index in [0.717, 1.165) is 24.0 Å². The molecule has 0 saturated heterocycles. The minimum atomic E-state index is -0.769. The molecule has 132 valence electrons. The van der Waals surface area contributed by atoms with Gasteiger partial charge >= 0.3 is 5.97 Å². The van der Waals surface area contributed by atoms with Gasteiger partial charge in [0, 0.05) is 19.9 Å².